The molecule has 1 aliphatic rings. The fraction of sp³-hybridized carbons (Fsp3) is 0.280. The first-order valence-electron chi connectivity index (χ1n) is 11.0. The molecule has 2 aromatic carbocycles. The number of aromatic nitrogens is 3. The summed E-state index contributed by atoms with van der Waals surface area (Å²) in [6.45, 7) is 6.48. The first-order valence-corrected chi connectivity index (χ1v) is 12.9. The van der Waals surface area contributed by atoms with Gasteiger partial charge in [-0.2, -0.15) is 5.10 Å². The molecule has 170 valence electrons. The Morgan fingerprint density at radius 3 is 2.15 bits per heavy atom. The second kappa shape index (κ2) is 8.28. The third-order valence-corrected chi connectivity index (χ3v) is 7.41. The predicted molar refractivity (Wildman–Crippen MR) is 131 cm³/mol. The number of nitrogens with zero attached hydrogens (tertiary/aromatic N) is 4. The zero-order valence-corrected chi connectivity index (χ0v) is 19.7. The van der Waals surface area contributed by atoms with Crippen LogP contribution in [-0.2, 0) is 9.84 Å². The van der Waals surface area contributed by atoms with Crippen molar-refractivity contribution in [2.45, 2.75) is 30.8 Å². The quantitative estimate of drug-likeness (QED) is 0.500. The molecule has 2 atom stereocenters. The van der Waals surface area contributed by atoms with Crippen LogP contribution in [-0.4, -0.2) is 54.4 Å². The average Bonchev–Trinajstić information content (AvgIpc) is 3.22. The summed E-state index contributed by atoms with van der Waals surface area (Å²) < 4.78 is 25.2. The van der Waals surface area contributed by atoms with Gasteiger partial charge in [0.25, 0.3) is 0 Å². The van der Waals surface area contributed by atoms with Gasteiger partial charge in [0.15, 0.2) is 15.5 Å². The Hall–Kier alpha value is -3.23. The van der Waals surface area contributed by atoms with Gasteiger partial charge >= 0.3 is 0 Å². The minimum absolute atomic E-state index is 0.297. The van der Waals surface area contributed by atoms with Gasteiger partial charge < -0.3 is 10.2 Å². The Bertz CT molecular complexity index is 1390. The number of benzene rings is 2. The summed E-state index contributed by atoms with van der Waals surface area (Å²) in [6.07, 6.45) is 6.80. The van der Waals surface area contributed by atoms with Crippen molar-refractivity contribution in [2.24, 2.45) is 0 Å². The Kier molecular flexibility index (Phi) is 5.42. The fourth-order valence-corrected chi connectivity index (χ4v) is 5.21. The lowest BCUT2D eigenvalue weighted by Crippen LogP contribution is -2.55. The minimum atomic E-state index is -3.23. The van der Waals surface area contributed by atoms with E-state index in [0.717, 1.165) is 41.0 Å². The zero-order chi connectivity index (χ0) is 23.2. The van der Waals surface area contributed by atoms with Gasteiger partial charge in [-0.05, 0) is 49.2 Å². The van der Waals surface area contributed by atoms with Crippen LogP contribution in [0.3, 0.4) is 0 Å². The smallest absolute Gasteiger partial charge is 0.175 e. The van der Waals surface area contributed by atoms with Gasteiger partial charge in [0.05, 0.1) is 11.1 Å². The number of sulfone groups is 1. The summed E-state index contributed by atoms with van der Waals surface area (Å²) in [5, 5.41) is 7.96. The summed E-state index contributed by atoms with van der Waals surface area (Å²) in [5.41, 5.74) is 5.76. The molecule has 0 unspecified atom stereocenters. The standard InChI is InChI=1S/C25H27N5O2S/c1-17-12-26-13-18(2)30(17)22-8-4-19(5-9-22)21-14-27-25-24(15-28-29(25)16-21)20-6-10-23(11-7-20)33(3,31)32/h4-11,14-18,26H,12-13H2,1-3H3/t17-,18+. The summed E-state index contributed by atoms with van der Waals surface area (Å²) in [4.78, 5) is 7.43. The molecule has 0 aliphatic carbocycles. The van der Waals surface area contributed by atoms with Crippen molar-refractivity contribution < 1.29 is 8.42 Å². The van der Waals surface area contributed by atoms with E-state index in [9.17, 15) is 8.42 Å². The number of nitrogens with one attached hydrogen (secondary N) is 1. The number of hydrogen-bond donors (Lipinski definition) is 1. The maximum Gasteiger partial charge on any atom is 0.175 e. The molecule has 8 heteroatoms. The highest BCUT2D eigenvalue weighted by atomic mass is 32.2. The molecule has 0 amide bonds. The van der Waals surface area contributed by atoms with Crippen molar-refractivity contribution in [3.63, 3.8) is 0 Å². The number of anilines is 1. The fourth-order valence-electron chi connectivity index (χ4n) is 4.58. The summed E-state index contributed by atoms with van der Waals surface area (Å²) in [5.74, 6) is 0. The molecule has 0 radical (unpaired) electrons. The Labute approximate surface area is 194 Å². The van der Waals surface area contributed by atoms with Gasteiger partial charge in [-0.15, -0.1) is 0 Å². The largest absolute Gasteiger partial charge is 0.364 e. The van der Waals surface area contributed by atoms with Crippen molar-refractivity contribution in [1.29, 1.82) is 0 Å². The van der Waals surface area contributed by atoms with Crippen LogP contribution >= 0.6 is 0 Å². The van der Waals surface area contributed by atoms with Crippen LogP contribution in [0, 0.1) is 0 Å². The molecule has 2 aromatic heterocycles. The van der Waals surface area contributed by atoms with E-state index in [4.69, 9.17) is 0 Å². The molecule has 1 saturated heterocycles. The minimum Gasteiger partial charge on any atom is -0.364 e. The van der Waals surface area contributed by atoms with Crippen molar-refractivity contribution in [3.05, 3.63) is 67.1 Å². The lowest BCUT2D eigenvalue weighted by atomic mass is 10.0. The van der Waals surface area contributed by atoms with Crippen LogP contribution < -0.4 is 10.2 Å². The van der Waals surface area contributed by atoms with Gasteiger partial charge in [-0.3, -0.25) is 0 Å². The highest BCUT2D eigenvalue weighted by Crippen LogP contribution is 2.29. The van der Waals surface area contributed by atoms with Crippen LogP contribution in [0.15, 0.2) is 72.0 Å². The molecular formula is C25H27N5O2S. The first-order chi connectivity index (χ1) is 15.8. The van der Waals surface area contributed by atoms with E-state index in [1.165, 1.54) is 11.9 Å². The van der Waals surface area contributed by atoms with E-state index in [1.807, 2.05) is 12.4 Å². The number of hydrogen-bond acceptors (Lipinski definition) is 6. The van der Waals surface area contributed by atoms with E-state index >= 15 is 0 Å². The summed E-state index contributed by atoms with van der Waals surface area (Å²) >= 11 is 0. The second-order valence-corrected chi connectivity index (χ2v) is 10.8. The van der Waals surface area contributed by atoms with E-state index in [-0.39, 0.29) is 0 Å². The molecule has 0 bridgehead atoms. The highest BCUT2D eigenvalue weighted by Gasteiger charge is 2.24. The molecule has 1 N–H and O–H groups in total. The molecule has 3 heterocycles. The second-order valence-electron chi connectivity index (χ2n) is 8.78. The monoisotopic (exact) mass is 461 g/mol. The highest BCUT2D eigenvalue weighted by molar-refractivity contribution is 7.90. The molecule has 7 nitrogen and oxygen atoms in total. The van der Waals surface area contributed by atoms with Crippen LogP contribution in [0.5, 0.6) is 0 Å². The van der Waals surface area contributed by atoms with E-state index in [2.05, 4.69) is 58.4 Å². The normalized spacial score (nSPS) is 19.2. The molecule has 5 rings (SSSR count). The maximum absolute atomic E-state index is 11.7. The Morgan fingerprint density at radius 2 is 1.52 bits per heavy atom. The molecule has 4 aromatic rings. The molecule has 33 heavy (non-hydrogen) atoms. The van der Waals surface area contributed by atoms with Crippen LogP contribution in [0.25, 0.3) is 27.9 Å². The summed E-state index contributed by atoms with van der Waals surface area (Å²) in [7, 11) is -3.23. The van der Waals surface area contributed by atoms with Crippen LogP contribution in [0.2, 0.25) is 0 Å². The average molecular weight is 462 g/mol. The van der Waals surface area contributed by atoms with E-state index in [0.29, 0.717) is 17.0 Å². The van der Waals surface area contributed by atoms with Crippen LogP contribution in [0.4, 0.5) is 5.69 Å². The number of piperazine rings is 1. The number of fused-ring (bicyclic) bond motifs is 1. The lowest BCUT2D eigenvalue weighted by Gasteiger charge is -2.41. The summed E-state index contributed by atoms with van der Waals surface area (Å²) in [6, 6.07) is 16.3. The molecule has 1 fully saturated rings. The van der Waals surface area contributed by atoms with Crippen molar-refractivity contribution >= 4 is 21.2 Å². The van der Waals surface area contributed by atoms with Gasteiger partial charge in [0, 0.05) is 60.6 Å². The first kappa shape index (κ1) is 21.6. The topological polar surface area (TPSA) is 79.6 Å². The molecule has 0 saturated carbocycles. The van der Waals surface area contributed by atoms with Gasteiger partial charge in [0.2, 0.25) is 0 Å². The predicted octanol–water partition coefficient (Wildman–Crippen LogP) is 3.65. The molecular weight excluding hydrogens is 434 g/mol. The Balaban J connectivity index is 1.43. The number of rotatable bonds is 4. The van der Waals surface area contributed by atoms with Crippen molar-refractivity contribution in [3.8, 4) is 22.3 Å². The third kappa shape index (κ3) is 4.12. The molecule has 1 aliphatic heterocycles. The van der Waals surface area contributed by atoms with Gasteiger partial charge in [0.1, 0.15) is 0 Å². The van der Waals surface area contributed by atoms with E-state index < -0.39 is 9.84 Å². The van der Waals surface area contributed by atoms with Gasteiger partial charge in [-0.25, -0.2) is 17.9 Å². The lowest BCUT2D eigenvalue weighted by molar-refractivity contribution is 0.432. The van der Waals surface area contributed by atoms with Crippen molar-refractivity contribution in [1.82, 2.24) is 19.9 Å². The third-order valence-electron chi connectivity index (χ3n) is 6.28. The zero-order valence-electron chi connectivity index (χ0n) is 18.9. The maximum atomic E-state index is 11.7. The van der Waals surface area contributed by atoms with E-state index in [1.54, 1.807) is 35.0 Å². The van der Waals surface area contributed by atoms with Gasteiger partial charge in [-0.1, -0.05) is 24.3 Å². The molecule has 0 spiro atoms. The van der Waals surface area contributed by atoms with Crippen molar-refractivity contribution in [2.75, 3.05) is 24.2 Å². The Morgan fingerprint density at radius 1 is 0.879 bits per heavy atom. The SMILES string of the molecule is C[C@@H]1CNC[C@H](C)N1c1ccc(-c2cnc3c(-c4ccc(S(C)(=O)=O)cc4)cnn3c2)cc1. The van der Waals surface area contributed by atoms with Crippen LogP contribution in [0.1, 0.15) is 13.8 Å².